The first-order valence-electron chi connectivity index (χ1n) is 8.82. The first kappa shape index (κ1) is 17.1. The molecule has 0 bridgehead atoms. The van der Waals surface area contributed by atoms with Crippen LogP contribution in [0.4, 0.5) is 0 Å². The Labute approximate surface area is 143 Å². The Morgan fingerprint density at radius 3 is 2.62 bits per heavy atom. The summed E-state index contributed by atoms with van der Waals surface area (Å²) in [6.07, 6.45) is 5.56. The zero-order chi connectivity index (χ0) is 17.2. The van der Waals surface area contributed by atoms with Gasteiger partial charge in [-0.05, 0) is 57.0 Å². The number of methoxy groups -OCH3 is 1. The highest BCUT2D eigenvalue weighted by Gasteiger charge is 2.43. The van der Waals surface area contributed by atoms with Crippen LogP contribution in [0, 0.1) is 0 Å². The van der Waals surface area contributed by atoms with Gasteiger partial charge in [-0.25, -0.2) is 0 Å². The number of rotatable bonds is 5. The van der Waals surface area contributed by atoms with Gasteiger partial charge < -0.3 is 19.5 Å². The van der Waals surface area contributed by atoms with Gasteiger partial charge in [0.25, 0.3) is 0 Å². The Balaban J connectivity index is 1.89. The van der Waals surface area contributed by atoms with Crippen molar-refractivity contribution >= 4 is 5.97 Å². The lowest BCUT2D eigenvalue weighted by molar-refractivity contribution is -0.143. The van der Waals surface area contributed by atoms with Crippen molar-refractivity contribution in [3.8, 4) is 11.5 Å². The molecule has 3 rings (SSSR count). The molecule has 1 N–H and O–H groups in total. The Morgan fingerprint density at radius 2 is 2.00 bits per heavy atom. The van der Waals surface area contributed by atoms with Crippen LogP contribution >= 0.6 is 0 Å². The number of carbonyl (C=O) groups is 1. The standard InChI is InChI=1S/C19H27NO4/c1-20-11-5-6-15(13-20)24-17-12-14(7-8-16(17)23-2)19(18(21)22)9-3-4-10-19/h7-8,12,15H,3-6,9-11,13H2,1-2H3,(H,21,22). The maximum Gasteiger partial charge on any atom is 0.314 e. The largest absolute Gasteiger partial charge is 0.493 e. The van der Waals surface area contributed by atoms with Crippen LogP contribution in [-0.4, -0.2) is 49.3 Å². The van der Waals surface area contributed by atoms with Crippen LogP contribution in [0.1, 0.15) is 44.1 Å². The molecule has 5 heteroatoms. The number of likely N-dealkylation sites (N-methyl/N-ethyl adjacent to an activating group) is 1. The van der Waals surface area contributed by atoms with Crippen molar-refractivity contribution in [2.75, 3.05) is 27.2 Å². The first-order chi connectivity index (χ1) is 11.5. The molecule has 2 fully saturated rings. The van der Waals surface area contributed by atoms with Gasteiger partial charge in [0.1, 0.15) is 6.10 Å². The fourth-order valence-corrected chi connectivity index (χ4v) is 4.07. The normalized spacial score (nSPS) is 23.8. The molecule has 2 aliphatic rings. The molecule has 132 valence electrons. The summed E-state index contributed by atoms with van der Waals surface area (Å²) >= 11 is 0. The average molecular weight is 333 g/mol. The van der Waals surface area contributed by atoms with E-state index in [2.05, 4.69) is 11.9 Å². The number of nitrogens with zero attached hydrogens (tertiary/aromatic N) is 1. The molecule has 1 aromatic rings. The van der Waals surface area contributed by atoms with Gasteiger partial charge in [0, 0.05) is 6.54 Å². The molecule has 0 amide bonds. The van der Waals surface area contributed by atoms with Crippen LogP contribution in [0.25, 0.3) is 0 Å². The van der Waals surface area contributed by atoms with Gasteiger partial charge in [-0.3, -0.25) is 4.79 Å². The maximum atomic E-state index is 11.9. The van der Waals surface area contributed by atoms with E-state index < -0.39 is 11.4 Å². The van der Waals surface area contributed by atoms with E-state index in [1.54, 1.807) is 7.11 Å². The molecule has 1 aliphatic heterocycles. The van der Waals surface area contributed by atoms with E-state index in [-0.39, 0.29) is 6.10 Å². The van der Waals surface area contributed by atoms with E-state index in [1.165, 1.54) is 0 Å². The summed E-state index contributed by atoms with van der Waals surface area (Å²) in [5.74, 6) is 0.613. The smallest absolute Gasteiger partial charge is 0.314 e. The number of ether oxygens (including phenoxy) is 2. The zero-order valence-corrected chi connectivity index (χ0v) is 14.6. The Bertz CT molecular complexity index is 595. The summed E-state index contributed by atoms with van der Waals surface area (Å²) in [5, 5.41) is 9.81. The number of carboxylic acid groups (broad SMARTS) is 1. The van der Waals surface area contributed by atoms with Crippen LogP contribution in [0.5, 0.6) is 11.5 Å². The summed E-state index contributed by atoms with van der Waals surface area (Å²) in [6.45, 7) is 1.98. The molecule has 5 nitrogen and oxygen atoms in total. The highest BCUT2D eigenvalue weighted by atomic mass is 16.5. The third kappa shape index (κ3) is 3.22. The highest BCUT2D eigenvalue weighted by molar-refractivity contribution is 5.82. The van der Waals surface area contributed by atoms with Gasteiger partial charge in [-0.2, -0.15) is 0 Å². The molecule has 1 aromatic carbocycles. The molecular formula is C19H27NO4. The molecule has 1 unspecified atom stereocenters. The predicted molar refractivity (Wildman–Crippen MR) is 91.9 cm³/mol. The molecule has 0 radical (unpaired) electrons. The second-order valence-corrected chi connectivity index (χ2v) is 7.10. The number of hydrogen-bond donors (Lipinski definition) is 1. The zero-order valence-electron chi connectivity index (χ0n) is 14.6. The van der Waals surface area contributed by atoms with Crippen LogP contribution in [0.3, 0.4) is 0 Å². The average Bonchev–Trinajstić information content (AvgIpc) is 3.06. The van der Waals surface area contributed by atoms with Gasteiger partial charge in [-0.15, -0.1) is 0 Å². The number of piperidine rings is 1. The minimum absolute atomic E-state index is 0.122. The Kier molecular flexibility index (Phi) is 4.99. The second-order valence-electron chi connectivity index (χ2n) is 7.10. The lowest BCUT2D eigenvalue weighted by atomic mass is 9.79. The molecule has 1 aliphatic carbocycles. The monoisotopic (exact) mass is 333 g/mol. The summed E-state index contributed by atoms with van der Waals surface area (Å²) in [7, 11) is 3.72. The molecule has 1 atom stereocenters. The molecule has 0 spiro atoms. The third-order valence-corrected chi connectivity index (χ3v) is 5.46. The van der Waals surface area contributed by atoms with Gasteiger partial charge in [0.05, 0.1) is 12.5 Å². The minimum atomic E-state index is -0.770. The van der Waals surface area contributed by atoms with E-state index in [0.717, 1.165) is 44.3 Å². The van der Waals surface area contributed by atoms with E-state index in [4.69, 9.17) is 9.47 Å². The van der Waals surface area contributed by atoms with Crippen molar-refractivity contribution in [3.05, 3.63) is 23.8 Å². The highest BCUT2D eigenvalue weighted by Crippen LogP contribution is 2.44. The van der Waals surface area contributed by atoms with Crippen LogP contribution in [0.2, 0.25) is 0 Å². The van der Waals surface area contributed by atoms with Crippen molar-refractivity contribution in [1.82, 2.24) is 4.90 Å². The molecule has 1 saturated heterocycles. The lowest BCUT2D eigenvalue weighted by Gasteiger charge is -2.31. The number of carboxylic acids is 1. The van der Waals surface area contributed by atoms with E-state index in [1.807, 2.05) is 18.2 Å². The molecule has 1 saturated carbocycles. The summed E-state index contributed by atoms with van der Waals surface area (Å²) in [6, 6.07) is 5.63. The van der Waals surface area contributed by atoms with Crippen molar-refractivity contribution in [1.29, 1.82) is 0 Å². The van der Waals surface area contributed by atoms with E-state index in [9.17, 15) is 9.90 Å². The fourth-order valence-electron chi connectivity index (χ4n) is 4.07. The SMILES string of the molecule is COc1ccc(C2(C(=O)O)CCCC2)cc1OC1CCCN(C)C1. The fraction of sp³-hybridized carbons (Fsp3) is 0.632. The third-order valence-electron chi connectivity index (χ3n) is 5.46. The predicted octanol–water partition coefficient (Wildman–Crippen LogP) is 3.06. The lowest BCUT2D eigenvalue weighted by Crippen LogP contribution is -2.38. The number of aliphatic carboxylic acids is 1. The number of likely N-dealkylation sites (tertiary alicyclic amines) is 1. The number of benzene rings is 1. The minimum Gasteiger partial charge on any atom is -0.493 e. The second kappa shape index (κ2) is 7.01. The van der Waals surface area contributed by atoms with Gasteiger partial charge in [0.15, 0.2) is 11.5 Å². The Hall–Kier alpha value is -1.75. The molecule has 1 heterocycles. The van der Waals surface area contributed by atoms with Gasteiger partial charge in [-0.1, -0.05) is 18.9 Å². The van der Waals surface area contributed by atoms with Crippen molar-refractivity contribution in [2.24, 2.45) is 0 Å². The van der Waals surface area contributed by atoms with Crippen molar-refractivity contribution < 1.29 is 19.4 Å². The molecule has 0 aromatic heterocycles. The maximum absolute atomic E-state index is 11.9. The van der Waals surface area contributed by atoms with Crippen LogP contribution < -0.4 is 9.47 Å². The van der Waals surface area contributed by atoms with E-state index in [0.29, 0.717) is 24.3 Å². The summed E-state index contributed by atoms with van der Waals surface area (Å²) < 4.78 is 11.7. The number of hydrogen-bond acceptors (Lipinski definition) is 4. The topological polar surface area (TPSA) is 59.0 Å². The summed E-state index contributed by atoms with van der Waals surface area (Å²) in [4.78, 5) is 14.2. The quantitative estimate of drug-likeness (QED) is 0.897. The van der Waals surface area contributed by atoms with Crippen molar-refractivity contribution in [3.63, 3.8) is 0 Å². The first-order valence-corrected chi connectivity index (χ1v) is 8.82. The summed E-state index contributed by atoms with van der Waals surface area (Å²) in [5.41, 5.74) is 0.0701. The Morgan fingerprint density at radius 1 is 1.25 bits per heavy atom. The van der Waals surface area contributed by atoms with Crippen LogP contribution in [-0.2, 0) is 10.2 Å². The van der Waals surface area contributed by atoms with Crippen molar-refractivity contribution in [2.45, 2.75) is 50.0 Å². The molecular weight excluding hydrogens is 306 g/mol. The van der Waals surface area contributed by atoms with Gasteiger partial charge >= 0.3 is 5.97 Å². The van der Waals surface area contributed by atoms with Crippen LogP contribution in [0.15, 0.2) is 18.2 Å². The molecule has 24 heavy (non-hydrogen) atoms. The van der Waals surface area contributed by atoms with E-state index >= 15 is 0 Å². The van der Waals surface area contributed by atoms with Gasteiger partial charge in [0.2, 0.25) is 0 Å².